The van der Waals surface area contributed by atoms with Gasteiger partial charge in [-0.15, -0.1) is 0 Å². The molecule has 1 aromatic rings. The van der Waals surface area contributed by atoms with Crippen LogP contribution in [0.5, 0.6) is 0 Å². The number of esters is 1. The predicted molar refractivity (Wildman–Crippen MR) is 92.2 cm³/mol. The monoisotopic (exact) mass is 365 g/mol. The summed E-state index contributed by atoms with van der Waals surface area (Å²) in [6, 6.07) is 6.08. The summed E-state index contributed by atoms with van der Waals surface area (Å²) in [5, 5.41) is 6.13. The minimum atomic E-state index is -0.588. The maximum absolute atomic E-state index is 12.4. The van der Waals surface area contributed by atoms with Crippen LogP contribution in [0.3, 0.4) is 0 Å². The summed E-state index contributed by atoms with van der Waals surface area (Å²) in [6.07, 6.45) is 0. The first-order valence-electron chi connectivity index (χ1n) is 8.03. The predicted octanol–water partition coefficient (Wildman–Crippen LogP) is 1.45. The van der Waals surface area contributed by atoms with Crippen molar-refractivity contribution in [2.45, 2.75) is 6.04 Å². The zero-order valence-electron chi connectivity index (χ0n) is 13.9. The third kappa shape index (κ3) is 4.12. The van der Waals surface area contributed by atoms with Crippen LogP contribution in [-0.2, 0) is 14.3 Å². The average molecular weight is 366 g/mol. The van der Waals surface area contributed by atoms with Crippen LogP contribution in [0.25, 0.3) is 0 Å². The molecule has 0 spiro atoms. The zero-order chi connectivity index (χ0) is 17.8. The number of halogens is 1. The number of carbonyl (C=O) groups is 2. The van der Waals surface area contributed by atoms with Crippen molar-refractivity contribution in [2.75, 3.05) is 40.0 Å². The first-order valence-corrected chi connectivity index (χ1v) is 8.40. The summed E-state index contributed by atoms with van der Waals surface area (Å²) >= 11 is 5.94. The van der Waals surface area contributed by atoms with Crippen LogP contribution in [0.1, 0.15) is 11.6 Å². The number of hydrogen-bond acceptors (Lipinski definition) is 5. The number of methoxy groups -OCH3 is 1. The van der Waals surface area contributed by atoms with E-state index in [1.165, 1.54) is 7.11 Å². The number of carbonyl (C=O) groups excluding carboxylic acids is 2. The second kappa shape index (κ2) is 7.86. The maximum atomic E-state index is 12.4. The summed E-state index contributed by atoms with van der Waals surface area (Å²) < 4.78 is 10.3. The van der Waals surface area contributed by atoms with Crippen molar-refractivity contribution in [1.82, 2.24) is 15.5 Å². The third-order valence-electron chi connectivity index (χ3n) is 4.25. The fraction of sp³-hybridized carbons (Fsp3) is 0.412. The Morgan fingerprint density at radius 2 is 2.00 bits per heavy atom. The van der Waals surface area contributed by atoms with Gasteiger partial charge in [0.15, 0.2) is 0 Å². The van der Waals surface area contributed by atoms with Gasteiger partial charge in [0.1, 0.15) is 0 Å². The molecule has 7 nitrogen and oxygen atoms in total. The number of nitrogens with one attached hydrogen (secondary N) is 2. The van der Waals surface area contributed by atoms with E-state index in [4.69, 9.17) is 21.1 Å². The quantitative estimate of drug-likeness (QED) is 0.789. The molecule has 1 atom stereocenters. The Morgan fingerprint density at radius 3 is 2.64 bits per heavy atom. The highest BCUT2D eigenvalue weighted by Gasteiger charge is 2.34. The number of nitrogens with zero attached hydrogens (tertiary/aromatic N) is 1. The third-order valence-corrected chi connectivity index (χ3v) is 4.50. The Balaban J connectivity index is 1.96. The lowest BCUT2D eigenvalue weighted by molar-refractivity contribution is -0.136. The second-order valence-electron chi connectivity index (χ2n) is 5.86. The van der Waals surface area contributed by atoms with Gasteiger partial charge in [-0.25, -0.2) is 9.59 Å². The van der Waals surface area contributed by atoms with Crippen LogP contribution in [0, 0.1) is 0 Å². The number of benzene rings is 1. The lowest BCUT2D eigenvalue weighted by Crippen LogP contribution is -2.49. The molecule has 2 amide bonds. The van der Waals surface area contributed by atoms with Gasteiger partial charge >= 0.3 is 12.0 Å². The molecule has 0 radical (unpaired) electrons. The molecule has 2 N–H and O–H groups in total. The lowest BCUT2D eigenvalue weighted by atomic mass is 9.95. The topological polar surface area (TPSA) is 79.9 Å². The lowest BCUT2D eigenvalue weighted by Gasteiger charge is -2.33. The van der Waals surface area contributed by atoms with E-state index in [1.807, 2.05) is 0 Å². The molecular weight excluding hydrogens is 346 g/mol. The van der Waals surface area contributed by atoms with Crippen LogP contribution in [0.2, 0.25) is 5.02 Å². The van der Waals surface area contributed by atoms with Crippen LogP contribution in [0.15, 0.2) is 35.5 Å². The summed E-state index contributed by atoms with van der Waals surface area (Å²) in [5.41, 5.74) is 1.72. The van der Waals surface area contributed by atoms with E-state index < -0.39 is 12.0 Å². The number of urea groups is 1. The van der Waals surface area contributed by atoms with Crippen LogP contribution >= 0.6 is 11.6 Å². The molecular formula is C17H20ClN3O4. The summed E-state index contributed by atoms with van der Waals surface area (Å²) in [7, 11) is 1.33. The molecule has 2 heterocycles. The van der Waals surface area contributed by atoms with Gasteiger partial charge in [-0.3, -0.25) is 4.90 Å². The SMILES string of the molecule is COC(=O)C1=C(CN2CCOCC2)NC(=O)N[C@@H]1c1ccc(Cl)cc1. The Bertz CT molecular complexity index is 684. The van der Waals surface area contributed by atoms with Gasteiger partial charge in [0.2, 0.25) is 0 Å². The van der Waals surface area contributed by atoms with E-state index in [0.29, 0.717) is 36.1 Å². The van der Waals surface area contributed by atoms with Crippen molar-refractivity contribution in [3.05, 3.63) is 46.1 Å². The molecule has 0 saturated carbocycles. The van der Waals surface area contributed by atoms with E-state index in [2.05, 4.69) is 15.5 Å². The van der Waals surface area contributed by atoms with E-state index >= 15 is 0 Å². The van der Waals surface area contributed by atoms with E-state index in [0.717, 1.165) is 18.7 Å². The molecule has 2 aliphatic heterocycles. The fourth-order valence-electron chi connectivity index (χ4n) is 2.98. The molecule has 1 aromatic carbocycles. The zero-order valence-corrected chi connectivity index (χ0v) is 14.6. The highest BCUT2D eigenvalue weighted by molar-refractivity contribution is 6.30. The molecule has 2 aliphatic rings. The normalized spacial score (nSPS) is 21.5. The highest BCUT2D eigenvalue weighted by Crippen LogP contribution is 2.29. The van der Waals surface area contributed by atoms with E-state index in [9.17, 15) is 9.59 Å². The number of amides is 2. The smallest absolute Gasteiger partial charge is 0.338 e. The van der Waals surface area contributed by atoms with Crippen molar-refractivity contribution in [1.29, 1.82) is 0 Å². The van der Waals surface area contributed by atoms with Crippen LogP contribution in [0.4, 0.5) is 4.79 Å². The maximum Gasteiger partial charge on any atom is 0.338 e. The average Bonchev–Trinajstić information content (AvgIpc) is 2.62. The summed E-state index contributed by atoms with van der Waals surface area (Å²) in [5.74, 6) is -0.476. The molecule has 25 heavy (non-hydrogen) atoms. The minimum Gasteiger partial charge on any atom is -0.466 e. The molecule has 0 unspecified atom stereocenters. The molecule has 1 saturated heterocycles. The summed E-state index contributed by atoms with van der Waals surface area (Å²) in [4.78, 5) is 26.7. The van der Waals surface area contributed by atoms with Gasteiger partial charge < -0.3 is 20.1 Å². The number of rotatable bonds is 4. The second-order valence-corrected chi connectivity index (χ2v) is 6.29. The number of ether oxygens (including phenoxy) is 2. The molecule has 1 fully saturated rings. The Hall–Kier alpha value is -2.09. The standard InChI is InChI=1S/C17H20ClN3O4/c1-24-16(22)14-13(10-21-6-8-25-9-7-21)19-17(23)20-15(14)11-2-4-12(18)5-3-11/h2-5,15H,6-10H2,1H3,(H2,19,20,23)/t15-/m1/s1. The van der Waals surface area contributed by atoms with Gasteiger partial charge in [0.05, 0.1) is 31.9 Å². The van der Waals surface area contributed by atoms with Crippen molar-refractivity contribution in [2.24, 2.45) is 0 Å². The highest BCUT2D eigenvalue weighted by atomic mass is 35.5. The first-order chi connectivity index (χ1) is 12.1. The van der Waals surface area contributed by atoms with Crippen molar-refractivity contribution in [3.63, 3.8) is 0 Å². The van der Waals surface area contributed by atoms with Crippen molar-refractivity contribution < 1.29 is 19.1 Å². The van der Waals surface area contributed by atoms with Gasteiger partial charge in [-0.2, -0.15) is 0 Å². The van der Waals surface area contributed by atoms with E-state index in [-0.39, 0.29) is 6.03 Å². The molecule has 8 heteroatoms. The number of morpholine rings is 1. The van der Waals surface area contributed by atoms with Crippen molar-refractivity contribution in [3.8, 4) is 0 Å². The fourth-order valence-corrected chi connectivity index (χ4v) is 3.11. The van der Waals surface area contributed by atoms with Gasteiger partial charge in [0.25, 0.3) is 0 Å². The summed E-state index contributed by atoms with van der Waals surface area (Å²) in [6.45, 7) is 3.20. The van der Waals surface area contributed by atoms with Crippen molar-refractivity contribution >= 4 is 23.6 Å². The molecule has 0 aliphatic carbocycles. The van der Waals surface area contributed by atoms with Gasteiger partial charge in [0, 0.05) is 30.4 Å². The van der Waals surface area contributed by atoms with Gasteiger partial charge in [-0.05, 0) is 17.7 Å². The number of hydrogen-bond donors (Lipinski definition) is 2. The largest absolute Gasteiger partial charge is 0.466 e. The minimum absolute atomic E-state index is 0.351. The Morgan fingerprint density at radius 1 is 1.32 bits per heavy atom. The molecule has 134 valence electrons. The van der Waals surface area contributed by atoms with E-state index in [1.54, 1.807) is 24.3 Å². The Labute approximate surface area is 150 Å². The van der Waals surface area contributed by atoms with Gasteiger partial charge in [-0.1, -0.05) is 23.7 Å². The van der Waals surface area contributed by atoms with Crippen LogP contribution < -0.4 is 10.6 Å². The molecule has 3 rings (SSSR count). The Kier molecular flexibility index (Phi) is 5.57. The molecule has 0 aromatic heterocycles. The first kappa shape index (κ1) is 17.7. The molecule has 0 bridgehead atoms. The van der Waals surface area contributed by atoms with Crippen LogP contribution in [-0.4, -0.2) is 56.9 Å².